The Kier molecular flexibility index (Phi) is 7.32. The second-order valence-electron chi connectivity index (χ2n) is 6.01. The van der Waals surface area contributed by atoms with Crippen LogP contribution in [-0.4, -0.2) is 16.6 Å². The van der Waals surface area contributed by atoms with Gasteiger partial charge in [0, 0.05) is 12.1 Å². The summed E-state index contributed by atoms with van der Waals surface area (Å²) in [6.45, 7) is 3.25. The number of nitro groups is 1. The van der Waals surface area contributed by atoms with Gasteiger partial charge in [0.15, 0.2) is 0 Å². The van der Waals surface area contributed by atoms with E-state index in [2.05, 4.69) is 6.92 Å². The van der Waals surface area contributed by atoms with Crippen molar-refractivity contribution in [2.75, 3.05) is 6.61 Å². The zero-order chi connectivity index (χ0) is 18.1. The van der Waals surface area contributed by atoms with Crippen molar-refractivity contribution in [3.63, 3.8) is 0 Å². The molecule has 0 unspecified atom stereocenters. The third kappa shape index (κ3) is 6.49. The molecule has 0 heterocycles. The fourth-order valence-electron chi connectivity index (χ4n) is 2.39. The van der Waals surface area contributed by atoms with Crippen molar-refractivity contribution in [1.29, 1.82) is 0 Å². The lowest BCUT2D eigenvalue weighted by atomic mass is 10.0. The van der Waals surface area contributed by atoms with E-state index in [1.807, 2.05) is 42.5 Å². The van der Waals surface area contributed by atoms with Gasteiger partial charge in [0.25, 0.3) is 5.69 Å². The SMILES string of the molecule is C[C@H](/C=C\C[C@H](O)c1ccc([N+](=O)[O-])cc1)COCc1ccccc1. The zero-order valence-electron chi connectivity index (χ0n) is 14.2. The van der Waals surface area contributed by atoms with Crippen LogP contribution in [0.15, 0.2) is 66.7 Å². The summed E-state index contributed by atoms with van der Waals surface area (Å²) < 4.78 is 5.68. The summed E-state index contributed by atoms with van der Waals surface area (Å²) in [5.41, 5.74) is 1.84. The first-order chi connectivity index (χ1) is 12.1. The minimum atomic E-state index is -0.672. The summed E-state index contributed by atoms with van der Waals surface area (Å²) >= 11 is 0. The van der Waals surface area contributed by atoms with Gasteiger partial charge in [-0.3, -0.25) is 10.1 Å². The molecule has 0 fully saturated rings. The lowest BCUT2D eigenvalue weighted by Gasteiger charge is -2.10. The molecule has 132 valence electrons. The normalized spacial score (nSPS) is 13.7. The van der Waals surface area contributed by atoms with Crippen LogP contribution in [0.5, 0.6) is 0 Å². The van der Waals surface area contributed by atoms with Crippen molar-refractivity contribution >= 4 is 5.69 Å². The molecule has 0 aliphatic heterocycles. The Balaban J connectivity index is 1.72. The molecule has 0 aliphatic rings. The average molecular weight is 341 g/mol. The molecule has 0 amide bonds. The van der Waals surface area contributed by atoms with Gasteiger partial charge in [-0.15, -0.1) is 0 Å². The predicted octanol–water partition coefficient (Wildman–Crippen LogP) is 4.43. The number of ether oxygens (including phenoxy) is 1. The topological polar surface area (TPSA) is 72.6 Å². The molecule has 2 aromatic carbocycles. The number of nitro benzene ring substituents is 1. The number of aliphatic hydroxyl groups is 1. The molecular formula is C20H23NO4. The van der Waals surface area contributed by atoms with Crippen LogP contribution in [0.4, 0.5) is 5.69 Å². The summed E-state index contributed by atoms with van der Waals surface area (Å²) in [4.78, 5) is 10.2. The minimum absolute atomic E-state index is 0.0238. The molecule has 25 heavy (non-hydrogen) atoms. The van der Waals surface area contributed by atoms with E-state index < -0.39 is 11.0 Å². The molecule has 0 bridgehead atoms. The third-order valence-electron chi connectivity index (χ3n) is 3.80. The van der Waals surface area contributed by atoms with E-state index in [4.69, 9.17) is 4.74 Å². The maximum absolute atomic E-state index is 10.6. The van der Waals surface area contributed by atoms with Crippen LogP contribution in [0, 0.1) is 16.0 Å². The molecule has 0 radical (unpaired) electrons. The second kappa shape index (κ2) is 9.71. The van der Waals surface area contributed by atoms with Crippen LogP contribution in [0.3, 0.4) is 0 Å². The largest absolute Gasteiger partial charge is 0.388 e. The van der Waals surface area contributed by atoms with E-state index in [1.165, 1.54) is 12.1 Å². The number of nitrogens with zero attached hydrogens (tertiary/aromatic N) is 1. The highest BCUT2D eigenvalue weighted by Gasteiger charge is 2.09. The van der Waals surface area contributed by atoms with Crippen molar-refractivity contribution < 1.29 is 14.8 Å². The van der Waals surface area contributed by atoms with E-state index in [1.54, 1.807) is 12.1 Å². The molecule has 1 N–H and O–H groups in total. The van der Waals surface area contributed by atoms with Crippen molar-refractivity contribution in [3.8, 4) is 0 Å². The number of non-ortho nitro benzene ring substituents is 1. The highest BCUT2D eigenvalue weighted by Crippen LogP contribution is 2.20. The van der Waals surface area contributed by atoms with Crippen LogP contribution >= 0.6 is 0 Å². The van der Waals surface area contributed by atoms with Crippen LogP contribution in [-0.2, 0) is 11.3 Å². The Bertz CT molecular complexity index is 683. The van der Waals surface area contributed by atoms with E-state index in [0.29, 0.717) is 25.2 Å². The van der Waals surface area contributed by atoms with Crippen molar-refractivity contribution in [2.24, 2.45) is 5.92 Å². The van der Waals surface area contributed by atoms with Crippen LogP contribution in [0.25, 0.3) is 0 Å². The first kappa shape index (κ1) is 18.8. The summed E-state index contributed by atoms with van der Waals surface area (Å²) in [6, 6.07) is 16.0. The lowest BCUT2D eigenvalue weighted by molar-refractivity contribution is -0.384. The van der Waals surface area contributed by atoms with E-state index in [-0.39, 0.29) is 11.6 Å². The fraction of sp³-hybridized carbons (Fsp3) is 0.300. The minimum Gasteiger partial charge on any atom is -0.388 e. The summed E-state index contributed by atoms with van der Waals surface area (Å²) in [5.74, 6) is 0.243. The number of hydrogen-bond donors (Lipinski definition) is 1. The lowest BCUT2D eigenvalue weighted by Crippen LogP contribution is -2.03. The fourth-order valence-corrected chi connectivity index (χ4v) is 2.39. The first-order valence-electron chi connectivity index (χ1n) is 8.27. The Morgan fingerprint density at radius 2 is 1.84 bits per heavy atom. The molecule has 2 atom stereocenters. The summed E-state index contributed by atoms with van der Waals surface area (Å²) in [7, 11) is 0. The Morgan fingerprint density at radius 3 is 2.48 bits per heavy atom. The summed E-state index contributed by atoms with van der Waals surface area (Å²) in [6.07, 6.45) is 3.72. The Labute approximate surface area is 147 Å². The quantitative estimate of drug-likeness (QED) is 0.416. The highest BCUT2D eigenvalue weighted by atomic mass is 16.6. The molecule has 2 rings (SSSR count). The molecule has 0 spiro atoms. The standard InChI is InChI=1S/C20H23NO4/c1-16(14-25-15-17-7-3-2-4-8-17)6-5-9-20(22)18-10-12-19(13-11-18)21(23)24/h2-8,10-13,16,20,22H,9,14-15H2,1H3/b6-5-/t16-,20+/m1/s1. The van der Waals surface area contributed by atoms with Crippen LogP contribution in [0.1, 0.15) is 30.6 Å². The van der Waals surface area contributed by atoms with Crippen LogP contribution in [0.2, 0.25) is 0 Å². The predicted molar refractivity (Wildman–Crippen MR) is 97.1 cm³/mol. The van der Waals surface area contributed by atoms with Gasteiger partial charge in [0.1, 0.15) is 0 Å². The Hall–Kier alpha value is -2.50. The van der Waals surface area contributed by atoms with Gasteiger partial charge in [-0.2, -0.15) is 0 Å². The number of aliphatic hydroxyl groups excluding tert-OH is 1. The van der Waals surface area contributed by atoms with E-state index >= 15 is 0 Å². The van der Waals surface area contributed by atoms with Crippen molar-refractivity contribution in [1.82, 2.24) is 0 Å². The van der Waals surface area contributed by atoms with Gasteiger partial charge in [-0.05, 0) is 35.6 Å². The van der Waals surface area contributed by atoms with E-state index in [9.17, 15) is 15.2 Å². The average Bonchev–Trinajstić information content (AvgIpc) is 2.62. The third-order valence-corrected chi connectivity index (χ3v) is 3.80. The van der Waals surface area contributed by atoms with Crippen molar-refractivity contribution in [2.45, 2.75) is 26.1 Å². The van der Waals surface area contributed by atoms with Gasteiger partial charge in [-0.1, -0.05) is 49.4 Å². The smallest absolute Gasteiger partial charge is 0.269 e. The molecule has 2 aromatic rings. The number of benzene rings is 2. The number of hydrogen-bond acceptors (Lipinski definition) is 4. The zero-order valence-corrected chi connectivity index (χ0v) is 14.2. The highest BCUT2D eigenvalue weighted by molar-refractivity contribution is 5.33. The molecule has 0 aliphatic carbocycles. The van der Waals surface area contributed by atoms with Gasteiger partial charge in [0.05, 0.1) is 24.2 Å². The molecule has 0 aromatic heterocycles. The molecule has 0 saturated heterocycles. The number of rotatable bonds is 9. The second-order valence-corrected chi connectivity index (χ2v) is 6.01. The van der Waals surface area contributed by atoms with Gasteiger partial charge in [-0.25, -0.2) is 0 Å². The van der Waals surface area contributed by atoms with Crippen molar-refractivity contribution in [3.05, 3.63) is 88.0 Å². The van der Waals surface area contributed by atoms with Gasteiger partial charge in [0.2, 0.25) is 0 Å². The van der Waals surface area contributed by atoms with E-state index in [0.717, 1.165) is 5.56 Å². The monoisotopic (exact) mass is 341 g/mol. The summed E-state index contributed by atoms with van der Waals surface area (Å²) in [5, 5.41) is 20.8. The molecule has 0 saturated carbocycles. The molecule has 5 heteroatoms. The Morgan fingerprint density at radius 1 is 1.16 bits per heavy atom. The maximum Gasteiger partial charge on any atom is 0.269 e. The van der Waals surface area contributed by atoms with Gasteiger partial charge >= 0.3 is 0 Å². The first-order valence-corrected chi connectivity index (χ1v) is 8.27. The molecule has 5 nitrogen and oxygen atoms in total. The molecular weight excluding hydrogens is 318 g/mol. The maximum atomic E-state index is 10.6. The van der Waals surface area contributed by atoms with Crippen LogP contribution < -0.4 is 0 Å². The van der Waals surface area contributed by atoms with Gasteiger partial charge < -0.3 is 9.84 Å².